The van der Waals surface area contributed by atoms with E-state index in [4.69, 9.17) is 19.6 Å². The van der Waals surface area contributed by atoms with Crippen LogP contribution in [0.1, 0.15) is 30.7 Å². The molecular formula is C17H14N2O4. The maximum absolute atomic E-state index is 12.4. The molecule has 1 aromatic rings. The highest BCUT2D eigenvalue weighted by atomic mass is 16.7. The Morgan fingerprint density at radius 3 is 2.87 bits per heavy atom. The van der Waals surface area contributed by atoms with Crippen molar-refractivity contribution in [2.24, 2.45) is 5.92 Å². The van der Waals surface area contributed by atoms with Gasteiger partial charge in [0.15, 0.2) is 17.3 Å². The van der Waals surface area contributed by atoms with Crippen LogP contribution in [0.3, 0.4) is 0 Å². The molecule has 6 nitrogen and oxygen atoms in total. The molecule has 0 aromatic heterocycles. The molecule has 6 heteroatoms. The molecule has 1 aromatic carbocycles. The number of benzene rings is 1. The fourth-order valence-electron chi connectivity index (χ4n) is 3.40. The molecule has 2 aliphatic heterocycles. The summed E-state index contributed by atoms with van der Waals surface area (Å²) in [5.74, 6) is 0.400. The summed E-state index contributed by atoms with van der Waals surface area (Å²) < 4.78 is 16.2. The molecule has 4 rings (SSSR count). The van der Waals surface area contributed by atoms with E-state index in [2.05, 4.69) is 6.07 Å². The van der Waals surface area contributed by atoms with E-state index in [-0.39, 0.29) is 18.5 Å². The van der Waals surface area contributed by atoms with E-state index in [1.165, 1.54) is 0 Å². The van der Waals surface area contributed by atoms with Crippen LogP contribution in [0.2, 0.25) is 0 Å². The molecule has 0 bridgehead atoms. The van der Waals surface area contributed by atoms with Crippen LogP contribution in [0, 0.1) is 22.7 Å². The van der Waals surface area contributed by atoms with Crippen molar-refractivity contribution in [2.45, 2.75) is 25.2 Å². The molecule has 0 saturated carbocycles. The molecule has 0 amide bonds. The summed E-state index contributed by atoms with van der Waals surface area (Å²) in [5, 5.41) is 17.5. The highest BCUT2D eigenvalue weighted by molar-refractivity contribution is 6.01. The predicted molar refractivity (Wildman–Crippen MR) is 79.1 cm³/mol. The molecular weight excluding hydrogens is 296 g/mol. The molecule has 2 unspecified atom stereocenters. The minimum atomic E-state index is -0.809. The van der Waals surface area contributed by atoms with Gasteiger partial charge in [0.1, 0.15) is 11.7 Å². The van der Waals surface area contributed by atoms with Crippen molar-refractivity contribution in [3.8, 4) is 17.6 Å². The van der Waals surface area contributed by atoms with Crippen molar-refractivity contribution >= 4 is 11.7 Å². The number of allylic oxidation sites excluding steroid dienone is 2. The third-order valence-corrected chi connectivity index (χ3v) is 4.46. The first-order valence-corrected chi connectivity index (χ1v) is 7.50. The molecule has 2 heterocycles. The van der Waals surface area contributed by atoms with Gasteiger partial charge in [-0.3, -0.25) is 10.2 Å². The number of nitrogens with zero attached hydrogens (tertiary/aromatic N) is 1. The number of Topliss-reactive ketones (excluding diaryl/α,β-unsaturated/α-hetero) is 1. The lowest BCUT2D eigenvalue weighted by Crippen LogP contribution is -2.34. The van der Waals surface area contributed by atoms with E-state index in [0.29, 0.717) is 35.7 Å². The minimum absolute atomic E-state index is 0.00154. The van der Waals surface area contributed by atoms with Gasteiger partial charge in [-0.1, -0.05) is 6.07 Å². The van der Waals surface area contributed by atoms with E-state index in [1.54, 1.807) is 12.1 Å². The highest BCUT2D eigenvalue weighted by Gasteiger charge is 2.42. The second-order valence-electron chi connectivity index (χ2n) is 5.78. The second-order valence-corrected chi connectivity index (χ2v) is 5.78. The van der Waals surface area contributed by atoms with Crippen LogP contribution in [0.25, 0.3) is 0 Å². The molecule has 1 N–H and O–H groups in total. The van der Waals surface area contributed by atoms with Crippen LogP contribution in [-0.2, 0) is 9.53 Å². The van der Waals surface area contributed by atoms with Crippen molar-refractivity contribution in [2.75, 3.05) is 6.79 Å². The zero-order chi connectivity index (χ0) is 16.0. The smallest absolute Gasteiger partial charge is 0.231 e. The largest absolute Gasteiger partial charge is 0.454 e. The number of nitrogens with one attached hydrogen (secondary N) is 1. The fraction of sp³-hybridized carbons (Fsp3) is 0.353. The maximum Gasteiger partial charge on any atom is 0.231 e. The zero-order valence-electron chi connectivity index (χ0n) is 12.3. The summed E-state index contributed by atoms with van der Waals surface area (Å²) in [6.45, 7) is 0.164. The van der Waals surface area contributed by atoms with Gasteiger partial charge < -0.3 is 14.2 Å². The van der Waals surface area contributed by atoms with Gasteiger partial charge in [-0.05, 0) is 24.1 Å². The normalized spacial score (nSPS) is 25.7. The summed E-state index contributed by atoms with van der Waals surface area (Å²) in [5.41, 5.74) is 1.31. The predicted octanol–water partition coefficient (Wildman–Crippen LogP) is 2.65. The van der Waals surface area contributed by atoms with E-state index in [0.717, 1.165) is 12.0 Å². The molecule has 0 radical (unpaired) electrons. The van der Waals surface area contributed by atoms with Crippen LogP contribution in [-0.4, -0.2) is 18.5 Å². The van der Waals surface area contributed by atoms with Crippen LogP contribution >= 0.6 is 0 Å². The number of carbonyl (C=O) groups is 1. The summed E-state index contributed by atoms with van der Waals surface area (Å²) in [4.78, 5) is 12.4. The molecule has 0 saturated heterocycles. The number of hydrogen-bond donors (Lipinski definition) is 1. The van der Waals surface area contributed by atoms with Gasteiger partial charge in [0.05, 0.1) is 6.07 Å². The van der Waals surface area contributed by atoms with Crippen LogP contribution in [0.4, 0.5) is 0 Å². The molecule has 1 aliphatic carbocycles. The third-order valence-electron chi connectivity index (χ3n) is 4.46. The third kappa shape index (κ3) is 2.08. The van der Waals surface area contributed by atoms with E-state index in [9.17, 15) is 10.1 Å². The first kappa shape index (κ1) is 13.8. The molecule has 3 aliphatic rings. The number of nitriles is 1. The molecule has 116 valence electrons. The first-order chi connectivity index (χ1) is 11.2. The standard InChI is InChI=1S/C17H14N2O4/c18-7-10-15(9-4-5-12-14(6-9)22-8-21-12)16-11(20)2-1-3-13(16)23-17(10)19/h4-6,10,15,19H,1-3,8H2. The number of carbonyl (C=O) groups excluding carboxylic acids is 1. The number of hydrogen-bond acceptors (Lipinski definition) is 6. The molecule has 0 spiro atoms. The van der Waals surface area contributed by atoms with Crippen molar-refractivity contribution < 1.29 is 19.0 Å². The van der Waals surface area contributed by atoms with Crippen molar-refractivity contribution in [1.82, 2.24) is 0 Å². The van der Waals surface area contributed by atoms with E-state index < -0.39 is 11.8 Å². The summed E-state index contributed by atoms with van der Waals surface area (Å²) in [6, 6.07) is 7.51. The highest BCUT2D eigenvalue weighted by Crippen LogP contribution is 2.45. The van der Waals surface area contributed by atoms with Crippen LogP contribution in [0.15, 0.2) is 29.5 Å². The Morgan fingerprint density at radius 2 is 2.04 bits per heavy atom. The van der Waals surface area contributed by atoms with E-state index in [1.807, 2.05) is 6.07 Å². The topological polar surface area (TPSA) is 92.4 Å². The number of ketones is 1. The lowest BCUT2D eigenvalue weighted by atomic mass is 9.74. The Bertz CT molecular complexity index is 790. The summed E-state index contributed by atoms with van der Waals surface area (Å²) >= 11 is 0. The summed E-state index contributed by atoms with van der Waals surface area (Å²) in [6.07, 6.45) is 1.80. The average Bonchev–Trinajstić information content (AvgIpc) is 3.01. The molecule has 0 fully saturated rings. The minimum Gasteiger partial charge on any atom is -0.454 e. The Balaban J connectivity index is 1.86. The number of rotatable bonds is 1. The maximum atomic E-state index is 12.4. The first-order valence-electron chi connectivity index (χ1n) is 7.50. The zero-order valence-corrected chi connectivity index (χ0v) is 12.3. The monoisotopic (exact) mass is 310 g/mol. The fourth-order valence-corrected chi connectivity index (χ4v) is 3.40. The Hall–Kier alpha value is -2.81. The van der Waals surface area contributed by atoms with Crippen LogP contribution < -0.4 is 9.47 Å². The lowest BCUT2D eigenvalue weighted by molar-refractivity contribution is -0.116. The lowest BCUT2D eigenvalue weighted by Gasteiger charge is -2.34. The van der Waals surface area contributed by atoms with Crippen molar-refractivity contribution in [1.29, 1.82) is 10.7 Å². The SMILES string of the molecule is N#CC1C(=N)OC2=C(C(=O)CCC2)C1c1ccc2c(c1)OCO2. The Labute approximate surface area is 132 Å². The van der Waals surface area contributed by atoms with Crippen molar-refractivity contribution in [3.05, 3.63) is 35.1 Å². The van der Waals surface area contributed by atoms with E-state index >= 15 is 0 Å². The second kappa shape index (κ2) is 5.13. The molecule has 23 heavy (non-hydrogen) atoms. The van der Waals surface area contributed by atoms with Gasteiger partial charge in [0.2, 0.25) is 12.7 Å². The number of fused-ring (bicyclic) bond motifs is 1. The quantitative estimate of drug-likeness (QED) is 0.860. The Kier molecular flexibility index (Phi) is 3.08. The van der Waals surface area contributed by atoms with Gasteiger partial charge in [-0.25, -0.2) is 0 Å². The van der Waals surface area contributed by atoms with Gasteiger partial charge >= 0.3 is 0 Å². The van der Waals surface area contributed by atoms with Gasteiger partial charge in [0, 0.05) is 24.3 Å². The van der Waals surface area contributed by atoms with Gasteiger partial charge in [0.25, 0.3) is 0 Å². The average molecular weight is 310 g/mol. The van der Waals surface area contributed by atoms with Gasteiger partial charge in [-0.2, -0.15) is 5.26 Å². The number of ether oxygens (including phenoxy) is 3. The summed E-state index contributed by atoms with van der Waals surface area (Å²) in [7, 11) is 0. The van der Waals surface area contributed by atoms with Gasteiger partial charge in [-0.15, -0.1) is 0 Å². The molecule has 2 atom stereocenters. The van der Waals surface area contributed by atoms with Crippen LogP contribution in [0.5, 0.6) is 11.5 Å². The van der Waals surface area contributed by atoms with Crippen molar-refractivity contribution in [3.63, 3.8) is 0 Å². The Morgan fingerprint density at radius 1 is 1.22 bits per heavy atom.